The minimum atomic E-state index is -0.793. The van der Waals surface area contributed by atoms with Gasteiger partial charge in [-0.2, -0.15) is 5.10 Å². The van der Waals surface area contributed by atoms with E-state index in [1.54, 1.807) is 32.0 Å². The van der Waals surface area contributed by atoms with E-state index in [4.69, 9.17) is 0 Å². The molecule has 0 aromatic carbocycles. The number of hydrogen-bond acceptors (Lipinski definition) is 5. The first-order valence-corrected chi connectivity index (χ1v) is 6.62. The smallest absolute Gasteiger partial charge is 0.274 e. The average Bonchev–Trinajstić information content (AvgIpc) is 2.96. The van der Waals surface area contributed by atoms with Gasteiger partial charge in [-0.15, -0.1) is 0 Å². The molecule has 0 aliphatic carbocycles. The van der Waals surface area contributed by atoms with Crippen molar-refractivity contribution < 1.29 is 14.7 Å². The Morgan fingerprint density at radius 2 is 2.09 bits per heavy atom. The number of amides is 2. The van der Waals surface area contributed by atoms with Crippen LogP contribution in [0.3, 0.4) is 0 Å². The molecular formula is C14H17N5O3. The maximum Gasteiger partial charge on any atom is 0.274 e. The predicted molar refractivity (Wildman–Crippen MR) is 79.4 cm³/mol. The summed E-state index contributed by atoms with van der Waals surface area (Å²) >= 11 is 0. The fourth-order valence-electron chi connectivity index (χ4n) is 1.65. The van der Waals surface area contributed by atoms with E-state index in [0.29, 0.717) is 0 Å². The number of aliphatic hydroxyl groups is 1. The topological polar surface area (TPSA) is 120 Å². The van der Waals surface area contributed by atoms with Gasteiger partial charge in [-0.3, -0.25) is 19.7 Å². The molecule has 22 heavy (non-hydrogen) atoms. The van der Waals surface area contributed by atoms with Crippen molar-refractivity contribution in [3.05, 3.63) is 42.0 Å². The van der Waals surface area contributed by atoms with E-state index in [-0.39, 0.29) is 23.7 Å². The van der Waals surface area contributed by atoms with E-state index in [1.165, 1.54) is 12.4 Å². The summed E-state index contributed by atoms with van der Waals surface area (Å²) in [6, 6.07) is 4.95. The fraction of sp³-hybridized carbons (Fsp3) is 0.286. The molecule has 0 saturated carbocycles. The molecule has 8 nitrogen and oxygen atoms in total. The molecule has 0 atom stereocenters. The number of nitrogens with zero attached hydrogens (tertiary/aromatic N) is 2. The number of H-pyrrole nitrogens is 1. The molecule has 2 heterocycles. The number of aromatic nitrogens is 3. The monoisotopic (exact) mass is 303 g/mol. The Hall–Kier alpha value is -2.74. The normalized spacial score (nSPS) is 11.0. The molecule has 0 unspecified atom stereocenters. The molecule has 0 aliphatic rings. The van der Waals surface area contributed by atoms with E-state index in [9.17, 15) is 14.7 Å². The molecular weight excluding hydrogens is 286 g/mol. The Balaban J connectivity index is 2.13. The summed E-state index contributed by atoms with van der Waals surface area (Å²) < 4.78 is 0. The number of hydrogen-bond donors (Lipinski definition) is 4. The highest BCUT2D eigenvalue weighted by atomic mass is 16.3. The van der Waals surface area contributed by atoms with Crippen LogP contribution in [0.25, 0.3) is 0 Å². The summed E-state index contributed by atoms with van der Waals surface area (Å²) in [5.74, 6) is -0.950. The first-order valence-electron chi connectivity index (χ1n) is 6.62. The van der Waals surface area contributed by atoms with Crippen molar-refractivity contribution in [2.24, 2.45) is 0 Å². The lowest BCUT2D eigenvalue weighted by Gasteiger charge is -2.23. The minimum Gasteiger partial charge on any atom is -0.394 e. The van der Waals surface area contributed by atoms with Crippen LogP contribution >= 0.6 is 0 Å². The number of carbonyl (C=O) groups excluding carboxylic acids is 2. The molecule has 8 heteroatoms. The van der Waals surface area contributed by atoms with E-state index in [0.717, 1.165) is 0 Å². The lowest BCUT2D eigenvalue weighted by molar-refractivity contribution is 0.0865. The summed E-state index contributed by atoms with van der Waals surface area (Å²) in [6.45, 7) is 3.12. The molecule has 0 saturated heterocycles. The summed E-state index contributed by atoms with van der Waals surface area (Å²) in [5, 5.41) is 20.7. The average molecular weight is 303 g/mol. The van der Waals surface area contributed by atoms with E-state index in [2.05, 4.69) is 25.8 Å². The Bertz CT molecular complexity index is 666. The third kappa shape index (κ3) is 3.67. The second-order valence-corrected chi connectivity index (χ2v) is 5.31. The van der Waals surface area contributed by atoms with Crippen molar-refractivity contribution in [1.82, 2.24) is 20.5 Å². The van der Waals surface area contributed by atoms with E-state index in [1.807, 2.05) is 0 Å². The van der Waals surface area contributed by atoms with Crippen LogP contribution in [-0.4, -0.2) is 44.2 Å². The SMILES string of the molecule is CC(C)(CO)NC(=O)c1n[nH]cc1NC(=O)c1ccccn1. The van der Waals surface area contributed by atoms with Crippen LogP contribution in [0.15, 0.2) is 30.6 Å². The third-order valence-electron chi connectivity index (χ3n) is 2.85. The molecule has 0 radical (unpaired) electrons. The second kappa shape index (κ2) is 6.35. The van der Waals surface area contributed by atoms with Crippen LogP contribution in [0.1, 0.15) is 34.8 Å². The van der Waals surface area contributed by atoms with Gasteiger partial charge in [-0.05, 0) is 26.0 Å². The van der Waals surface area contributed by atoms with Gasteiger partial charge in [0.2, 0.25) is 0 Å². The van der Waals surface area contributed by atoms with Gasteiger partial charge in [-0.25, -0.2) is 0 Å². The number of aliphatic hydroxyl groups excluding tert-OH is 1. The summed E-state index contributed by atoms with van der Waals surface area (Å²) in [7, 11) is 0. The van der Waals surface area contributed by atoms with Gasteiger partial charge in [0.15, 0.2) is 5.69 Å². The van der Waals surface area contributed by atoms with E-state index >= 15 is 0 Å². The standard InChI is InChI=1S/C14H17N5O3/c1-14(2,8-20)18-13(22)11-10(7-16-19-11)17-12(21)9-5-3-4-6-15-9/h3-7,20H,8H2,1-2H3,(H,16,19)(H,17,21)(H,18,22). The zero-order chi connectivity index (χ0) is 16.2. The zero-order valence-corrected chi connectivity index (χ0v) is 12.3. The van der Waals surface area contributed by atoms with Crippen molar-refractivity contribution in [2.75, 3.05) is 11.9 Å². The molecule has 2 aromatic heterocycles. The molecule has 0 fully saturated rings. The molecule has 0 spiro atoms. The number of anilines is 1. The molecule has 2 rings (SSSR count). The van der Waals surface area contributed by atoms with Gasteiger partial charge in [0.25, 0.3) is 11.8 Å². The quantitative estimate of drug-likeness (QED) is 0.643. The number of nitrogens with one attached hydrogen (secondary N) is 3. The van der Waals surface area contributed by atoms with Gasteiger partial charge < -0.3 is 15.7 Å². The number of aromatic amines is 1. The Kier molecular flexibility index (Phi) is 4.52. The highest BCUT2D eigenvalue weighted by molar-refractivity contribution is 6.07. The van der Waals surface area contributed by atoms with Crippen LogP contribution in [0.5, 0.6) is 0 Å². The first-order chi connectivity index (χ1) is 10.4. The van der Waals surface area contributed by atoms with E-state index < -0.39 is 17.4 Å². The molecule has 2 amide bonds. The second-order valence-electron chi connectivity index (χ2n) is 5.31. The van der Waals surface area contributed by atoms with Gasteiger partial charge in [0.1, 0.15) is 5.69 Å². The maximum absolute atomic E-state index is 12.1. The lowest BCUT2D eigenvalue weighted by Crippen LogP contribution is -2.46. The molecule has 0 bridgehead atoms. The maximum atomic E-state index is 12.1. The Morgan fingerprint density at radius 1 is 1.32 bits per heavy atom. The summed E-state index contributed by atoms with van der Waals surface area (Å²) in [6.07, 6.45) is 2.91. The van der Waals surface area contributed by atoms with Gasteiger partial charge in [0, 0.05) is 12.4 Å². The summed E-state index contributed by atoms with van der Waals surface area (Å²) in [4.78, 5) is 28.1. The van der Waals surface area contributed by atoms with Crippen LogP contribution in [-0.2, 0) is 0 Å². The molecule has 0 aliphatic heterocycles. The van der Waals surface area contributed by atoms with Crippen LogP contribution < -0.4 is 10.6 Å². The van der Waals surface area contributed by atoms with Gasteiger partial charge in [0.05, 0.1) is 17.8 Å². The van der Waals surface area contributed by atoms with Crippen molar-refractivity contribution in [3.8, 4) is 0 Å². The van der Waals surface area contributed by atoms with Gasteiger partial charge in [-0.1, -0.05) is 6.07 Å². The molecule has 4 N–H and O–H groups in total. The van der Waals surface area contributed by atoms with Crippen molar-refractivity contribution in [3.63, 3.8) is 0 Å². The predicted octanol–water partition coefficient (Wildman–Crippen LogP) is 0.558. The van der Waals surface area contributed by atoms with Crippen molar-refractivity contribution in [1.29, 1.82) is 0 Å². The fourth-order valence-corrected chi connectivity index (χ4v) is 1.65. The Labute approximate surface area is 127 Å². The number of pyridine rings is 1. The summed E-state index contributed by atoms with van der Waals surface area (Å²) in [5.41, 5.74) is -0.295. The first kappa shape index (κ1) is 15.6. The van der Waals surface area contributed by atoms with Crippen LogP contribution in [0.2, 0.25) is 0 Å². The molecule has 2 aromatic rings. The highest BCUT2D eigenvalue weighted by Gasteiger charge is 2.24. The zero-order valence-electron chi connectivity index (χ0n) is 12.3. The van der Waals surface area contributed by atoms with Crippen molar-refractivity contribution >= 4 is 17.5 Å². The number of carbonyl (C=O) groups is 2. The molecule has 116 valence electrons. The van der Waals surface area contributed by atoms with Gasteiger partial charge >= 0.3 is 0 Å². The van der Waals surface area contributed by atoms with Crippen LogP contribution in [0.4, 0.5) is 5.69 Å². The minimum absolute atomic E-state index is 0.0332. The third-order valence-corrected chi connectivity index (χ3v) is 2.85. The number of rotatable bonds is 5. The largest absolute Gasteiger partial charge is 0.394 e. The lowest BCUT2D eigenvalue weighted by atomic mass is 10.1. The van der Waals surface area contributed by atoms with Crippen LogP contribution in [0, 0.1) is 0 Å². The van der Waals surface area contributed by atoms with Crippen molar-refractivity contribution in [2.45, 2.75) is 19.4 Å². The Morgan fingerprint density at radius 3 is 2.73 bits per heavy atom. The highest BCUT2D eigenvalue weighted by Crippen LogP contribution is 2.14.